The van der Waals surface area contributed by atoms with Crippen molar-refractivity contribution in [3.8, 4) is 0 Å². The van der Waals surface area contributed by atoms with Crippen LogP contribution in [0.3, 0.4) is 0 Å². The molecule has 0 spiro atoms. The van der Waals surface area contributed by atoms with Crippen LogP contribution in [-0.4, -0.2) is 14.7 Å². The average Bonchev–Trinajstić information content (AvgIpc) is 2.25. The Kier molecular flexibility index (Phi) is 4.57. The molecule has 0 saturated carbocycles. The van der Waals surface area contributed by atoms with Crippen LogP contribution in [0.15, 0.2) is 28.7 Å². The zero-order valence-corrected chi connectivity index (χ0v) is 11.5. The lowest BCUT2D eigenvalue weighted by Gasteiger charge is -2.15. The summed E-state index contributed by atoms with van der Waals surface area (Å²) in [6.45, 7) is 7.43. The lowest BCUT2D eigenvalue weighted by atomic mass is 10.1. The molecule has 1 aromatic carbocycles. The van der Waals surface area contributed by atoms with E-state index in [4.69, 9.17) is 0 Å². The van der Waals surface area contributed by atoms with Crippen molar-refractivity contribution >= 4 is 16.7 Å². The zero-order valence-electron chi connectivity index (χ0n) is 10.7. The van der Waals surface area contributed by atoms with E-state index in [9.17, 15) is 8.60 Å². The van der Waals surface area contributed by atoms with Gasteiger partial charge in [0.05, 0.1) is 10.5 Å². The fourth-order valence-electron chi connectivity index (χ4n) is 1.24. The number of nitrogens with zero attached hydrogens (tertiary/aromatic N) is 1. The number of benzene rings is 1. The van der Waals surface area contributed by atoms with E-state index in [0.29, 0.717) is 17.7 Å². The van der Waals surface area contributed by atoms with Gasteiger partial charge in [-0.1, -0.05) is 25.1 Å². The standard InChI is InChI=1S/C13H18FNOS/c1-5-12(15-17(16)13(2,3)4)10-8-6-7-9-11(10)14/h6-9H,5H2,1-4H3/b15-12+. The molecular formula is C13H18FNOS. The minimum atomic E-state index is -1.35. The van der Waals surface area contributed by atoms with Crippen molar-refractivity contribution in [3.05, 3.63) is 35.6 Å². The SMILES string of the molecule is CC/C(=N\S(=O)C(C)(C)C)c1ccccc1F. The van der Waals surface area contributed by atoms with Gasteiger partial charge in [-0.05, 0) is 33.3 Å². The highest BCUT2D eigenvalue weighted by Gasteiger charge is 2.20. The van der Waals surface area contributed by atoms with E-state index in [1.165, 1.54) is 6.07 Å². The van der Waals surface area contributed by atoms with Gasteiger partial charge in [-0.15, -0.1) is 0 Å². The second-order valence-corrected chi connectivity index (χ2v) is 6.64. The maximum atomic E-state index is 13.6. The van der Waals surface area contributed by atoms with Gasteiger partial charge in [0.1, 0.15) is 16.8 Å². The second kappa shape index (κ2) is 5.54. The van der Waals surface area contributed by atoms with Gasteiger partial charge in [0.25, 0.3) is 0 Å². The fraction of sp³-hybridized carbons (Fsp3) is 0.462. The third-order valence-electron chi connectivity index (χ3n) is 2.24. The second-order valence-electron chi connectivity index (χ2n) is 4.73. The Morgan fingerprint density at radius 3 is 2.41 bits per heavy atom. The molecule has 4 heteroatoms. The molecule has 0 bridgehead atoms. The average molecular weight is 255 g/mol. The highest BCUT2D eigenvalue weighted by atomic mass is 32.2. The van der Waals surface area contributed by atoms with Crippen LogP contribution in [0.5, 0.6) is 0 Å². The van der Waals surface area contributed by atoms with Crippen LogP contribution in [0, 0.1) is 5.82 Å². The van der Waals surface area contributed by atoms with Gasteiger partial charge < -0.3 is 0 Å². The van der Waals surface area contributed by atoms with E-state index in [2.05, 4.69) is 4.40 Å². The maximum absolute atomic E-state index is 13.6. The molecule has 1 unspecified atom stereocenters. The molecule has 0 aliphatic heterocycles. The highest BCUT2D eigenvalue weighted by molar-refractivity contribution is 7.85. The fourth-order valence-corrected chi connectivity index (χ4v) is 1.94. The van der Waals surface area contributed by atoms with E-state index < -0.39 is 15.7 Å². The highest BCUT2D eigenvalue weighted by Crippen LogP contribution is 2.16. The van der Waals surface area contributed by atoms with E-state index in [0.717, 1.165) is 0 Å². The quantitative estimate of drug-likeness (QED) is 0.760. The molecule has 0 amide bonds. The molecule has 17 heavy (non-hydrogen) atoms. The van der Waals surface area contributed by atoms with Gasteiger partial charge in [0, 0.05) is 5.56 Å². The number of hydrogen-bond donors (Lipinski definition) is 0. The Morgan fingerprint density at radius 1 is 1.35 bits per heavy atom. The molecule has 0 saturated heterocycles. The zero-order chi connectivity index (χ0) is 13.1. The molecule has 0 heterocycles. The Balaban J connectivity index is 3.13. The van der Waals surface area contributed by atoms with Crippen LogP contribution < -0.4 is 0 Å². The van der Waals surface area contributed by atoms with Gasteiger partial charge in [0.15, 0.2) is 0 Å². The van der Waals surface area contributed by atoms with Gasteiger partial charge in [-0.3, -0.25) is 0 Å². The first kappa shape index (κ1) is 14.0. The number of halogens is 1. The smallest absolute Gasteiger partial charge is 0.145 e. The molecule has 0 aliphatic rings. The largest absolute Gasteiger partial charge is 0.234 e. The lowest BCUT2D eigenvalue weighted by molar-refractivity contribution is 0.624. The van der Waals surface area contributed by atoms with Crippen molar-refractivity contribution in [2.24, 2.45) is 4.40 Å². The van der Waals surface area contributed by atoms with Gasteiger partial charge in [0.2, 0.25) is 0 Å². The van der Waals surface area contributed by atoms with Gasteiger partial charge in [-0.2, -0.15) is 4.40 Å². The normalized spacial score (nSPS) is 14.8. The molecule has 1 aromatic rings. The van der Waals surface area contributed by atoms with Crippen molar-refractivity contribution in [1.29, 1.82) is 0 Å². The molecule has 0 radical (unpaired) electrons. The first-order valence-electron chi connectivity index (χ1n) is 5.60. The van der Waals surface area contributed by atoms with Gasteiger partial charge in [-0.25, -0.2) is 8.60 Å². The molecule has 94 valence electrons. The Labute approximate surface area is 105 Å². The van der Waals surface area contributed by atoms with E-state index >= 15 is 0 Å². The summed E-state index contributed by atoms with van der Waals surface area (Å²) >= 11 is 0. The molecule has 1 atom stereocenters. The lowest BCUT2D eigenvalue weighted by Crippen LogP contribution is -2.21. The summed E-state index contributed by atoms with van der Waals surface area (Å²) in [4.78, 5) is 0. The number of hydrogen-bond acceptors (Lipinski definition) is 1. The predicted octanol–water partition coefficient (Wildman–Crippen LogP) is 3.49. The van der Waals surface area contributed by atoms with Crippen LogP contribution in [0.2, 0.25) is 0 Å². The summed E-state index contributed by atoms with van der Waals surface area (Å²) in [5, 5.41) is 0. The third-order valence-corrected chi connectivity index (χ3v) is 3.67. The van der Waals surface area contributed by atoms with Crippen LogP contribution in [-0.2, 0) is 11.0 Å². The van der Waals surface area contributed by atoms with Crippen LogP contribution in [0.25, 0.3) is 0 Å². The Bertz CT molecular complexity index is 449. The summed E-state index contributed by atoms with van der Waals surface area (Å²) in [6, 6.07) is 6.44. The summed E-state index contributed by atoms with van der Waals surface area (Å²) in [6.07, 6.45) is 0.558. The molecule has 2 nitrogen and oxygen atoms in total. The monoisotopic (exact) mass is 255 g/mol. The molecule has 0 aromatic heterocycles. The predicted molar refractivity (Wildman–Crippen MR) is 71.1 cm³/mol. The molecule has 0 aliphatic carbocycles. The first-order valence-corrected chi connectivity index (χ1v) is 6.71. The van der Waals surface area contributed by atoms with Crippen molar-refractivity contribution in [3.63, 3.8) is 0 Å². The van der Waals surface area contributed by atoms with Gasteiger partial charge >= 0.3 is 0 Å². The minimum absolute atomic E-state index is 0.320. The van der Waals surface area contributed by atoms with Crippen molar-refractivity contribution in [1.82, 2.24) is 0 Å². The summed E-state index contributed by atoms with van der Waals surface area (Å²) < 4.78 is 29.2. The van der Waals surface area contributed by atoms with Crippen LogP contribution in [0.1, 0.15) is 39.7 Å². The Morgan fingerprint density at radius 2 is 1.94 bits per heavy atom. The van der Waals surface area contributed by atoms with Crippen molar-refractivity contribution in [2.75, 3.05) is 0 Å². The molecule has 1 rings (SSSR count). The third kappa shape index (κ3) is 3.73. The van der Waals surface area contributed by atoms with Crippen molar-refractivity contribution in [2.45, 2.75) is 38.9 Å². The molecule has 0 fully saturated rings. The minimum Gasteiger partial charge on any atom is -0.234 e. The van der Waals surface area contributed by atoms with Crippen LogP contribution >= 0.6 is 0 Å². The van der Waals surface area contributed by atoms with E-state index in [-0.39, 0.29) is 5.82 Å². The summed E-state index contributed by atoms with van der Waals surface area (Å²) in [7, 11) is -1.35. The molecule has 0 N–H and O–H groups in total. The van der Waals surface area contributed by atoms with Crippen LogP contribution in [0.4, 0.5) is 4.39 Å². The number of rotatable bonds is 3. The summed E-state index contributed by atoms with van der Waals surface area (Å²) in [5.41, 5.74) is 0.990. The Hall–Kier alpha value is -1.03. The van der Waals surface area contributed by atoms with E-state index in [1.54, 1.807) is 18.2 Å². The van der Waals surface area contributed by atoms with E-state index in [1.807, 2.05) is 27.7 Å². The first-order chi connectivity index (χ1) is 7.86. The maximum Gasteiger partial charge on any atom is 0.145 e. The van der Waals surface area contributed by atoms with Crippen molar-refractivity contribution < 1.29 is 8.60 Å². The topological polar surface area (TPSA) is 29.4 Å². The summed E-state index contributed by atoms with van der Waals surface area (Å²) in [5.74, 6) is -0.320. The molecular weight excluding hydrogens is 237 g/mol.